The Kier molecular flexibility index (Phi) is 3.11. The standard InChI is InChI=1S/C13H14FN3O2/c1-13(2,15)12-16-10(18)9(11(19)17-12)7-5-3-4-6-8(7)14/h3-6H,15H2,1-2H3,(H2,16,17,18,19). The van der Waals surface area contributed by atoms with E-state index < -0.39 is 22.8 Å². The maximum absolute atomic E-state index is 13.7. The molecule has 19 heavy (non-hydrogen) atoms. The number of rotatable bonds is 2. The van der Waals surface area contributed by atoms with Crippen molar-refractivity contribution in [1.29, 1.82) is 0 Å². The minimum Gasteiger partial charge on any atom is -0.493 e. The van der Waals surface area contributed by atoms with Crippen molar-refractivity contribution in [2.75, 3.05) is 0 Å². The predicted molar refractivity (Wildman–Crippen MR) is 69.1 cm³/mol. The molecular weight excluding hydrogens is 249 g/mol. The van der Waals surface area contributed by atoms with E-state index in [1.165, 1.54) is 18.2 Å². The monoisotopic (exact) mass is 263 g/mol. The second-order valence-corrected chi connectivity index (χ2v) is 4.81. The van der Waals surface area contributed by atoms with E-state index in [1.54, 1.807) is 19.9 Å². The van der Waals surface area contributed by atoms with Crippen molar-refractivity contribution in [3.05, 3.63) is 46.3 Å². The Morgan fingerprint density at radius 3 is 2.53 bits per heavy atom. The van der Waals surface area contributed by atoms with E-state index in [9.17, 15) is 14.3 Å². The van der Waals surface area contributed by atoms with Gasteiger partial charge in [-0.15, -0.1) is 0 Å². The number of aromatic amines is 1. The first-order valence-corrected chi connectivity index (χ1v) is 5.68. The molecule has 0 atom stereocenters. The number of nitrogens with one attached hydrogen (secondary N) is 1. The van der Waals surface area contributed by atoms with Crippen LogP contribution in [0.15, 0.2) is 29.1 Å². The molecule has 0 aliphatic heterocycles. The largest absolute Gasteiger partial charge is 0.493 e. The fourth-order valence-corrected chi connectivity index (χ4v) is 1.67. The number of H-pyrrole nitrogens is 1. The summed E-state index contributed by atoms with van der Waals surface area (Å²) in [5.41, 5.74) is 4.04. The van der Waals surface area contributed by atoms with Gasteiger partial charge >= 0.3 is 0 Å². The van der Waals surface area contributed by atoms with Gasteiger partial charge in [-0.2, -0.15) is 4.98 Å². The topological polar surface area (TPSA) is 92.0 Å². The molecular formula is C13H14FN3O2. The Balaban J connectivity index is 2.68. The Morgan fingerprint density at radius 2 is 2.00 bits per heavy atom. The minimum absolute atomic E-state index is 0.00451. The molecule has 0 amide bonds. The number of benzene rings is 1. The number of nitrogens with two attached hydrogens (primary N) is 1. The molecule has 5 nitrogen and oxygen atoms in total. The molecule has 6 heteroatoms. The summed E-state index contributed by atoms with van der Waals surface area (Å²) in [5, 5.41) is 9.86. The molecule has 100 valence electrons. The third kappa shape index (κ3) is 2.48. The van der Waals surface area contributed by atoms with Crippen molar-refractivity contribution >= 4 is 0 Å². The average molecular weight is 263 g/mol. The van der Waals surface area contributed by atoms with E-state index in [2.05, 4.69) is 9.97 Å². The summed E-state index contributed by atoms with van der Waals surface area (Å²) in [6, 6.07) is 5.66. The van der Waals surface area contributed by atoms with Crippen LogP contribution < -0.4 is 11.3 Å². The van der Waals surface area contributed by atoms with E-state index in [4.69, 9.17) is 5.73 Å². The molecule has 2 aromatic rings. The van der Waals surface area contributed by atoms with Gasteiger partial charge in [0.15, 0.2) is 0 Å². The van der Waals surface area contributed by atoms with Gasteiger partial charge in [0.1, 0.15) is 17.2 Å². The summed E-state index contributed by atoms with van der Waals surface area (Å²) in [7, 11) is 0. The second-order valence-electron chi connectivity index (χ2n) is 4.81. The van der Waals surface area contributed by atoms with E-state index >= 15 is 0 Å². The maximum atomic E-state index is 13.7. The highest BCUT2D eigenvalue weighted by atomic mass is 19.1. The third-order valence-electron chi connectivity index (χ3n) is 2.65. The molecule has 1 aromatic heterocycles. The maximum Gasteiger partial charge on any atom is 0.262 e. The van der Waals surface area contributed by atoms with Crippen molar-refractivity contribution in [2.24, 2.45) is 5.73 Å². The summed E-state index contributed by atoms with van der Waals surface area (Å²) in [5.74, 6) is -1.01. The van der Waals surface area contributed by atoms with E-state index in [1.807, 2.05) is 0 Å². The van der Waals surface area contributed by atoms with Gasteiger partial charge < -0.3 is 15.8 Å². The summed E-state index contributed by atoms with van der Waals surface area (Å²) in [4.78, 5) is 18.3. The molecule has 1 heterocycles. The van der Waals surface area contributed by atoms with Crippen LogP contribution in [-0.4, -0.2) is 15.1 Å². The first-order valence-electron chi connectivity index (χ1n) is 5.68. The lowest BCUT2D eigenvalue weighted by atomic mass is 10.0. The molecule has 0 bridgehead atoms. The van der Waals surface area contributed by atoms with Crippen LogP contribution in [0.2, 0.25) is 0 Å². The van der Waals surface area contributed by atoms with Crippen molar-refractivity contribution < 1.29 is 9.50 Å². The van der Waals surface area contributed by atoms with Gasteiger partial charge in [0.25, 0.3) is 5.56 Å². The number of aromatic hydroxyl groups is 1. The highest BCUT2D eigenvalue weighted by Crippen LogP contribution is 2.26. The van der Waals surface area contributed by atoms with Crippen LogP contribution in [0.3, 0.4) is 0 Å². The molecule has 0 radical (unpaired) electrons. The van der Waals surface area contributed by atoms with Crippen LogP contribution in [0.1, 0.15) is 19.7 Å². The molecule has 0 spiro atoms. The number of aromatic nitrogens is 2. The fraction of sp³-hybridized carbons (Fsp3) is 0.231. The van der Waals surface area contributed by atoms with Gasteiger partial charge in [-0.3, -0.25) is 4.79 Å². The average Bonchev–Trinajstić information content (AvgIpc) is 2.29. The van der Waals surface area contributed by atoms with Crippen LogP contribution in [0.4, 0.5) is 4.39 Å². The molecule has 1 aromatic carbocycles. The molecule has 0 aliphatic rings. The number of hydrogen-bond donors (Lipinski definition) is 3. The lowest BCUT2D eigenvalue weighted by Crippen LogP contribution is -2.33. The second kappa shape index (κ2) is 4.47. The van der Waals surface area contributed by atoms with Crippen molar-refractivity contribution in [2.45, 2.75) is 19.4 Å². The van der Waals surface area contributed by atoms with E-state index in [0.717, 1.165) is 0 Å². The molecule has 0 aliphatic carbocycles. The van der Waals surface area contributed by atoms with Gasteiger partial charge in [-0.05, 0) is 19.9 Å². The van der Waals surface area contributed by atoms with Gasteiger partial charge in [-0.25, -0.2) is 4.39 Å². The van der Waals surface area contributed by atoms with Crippen molar-refractivity contribution in [1.82, 2.24) is 9.97 Å². The summed E-state index contributed by atoms with van der Waals surface area (Å²) in [6.07, 6.45) is 0. The summed E-state index contributed by atoms with van der Waals surface area (Å²) < 4.78 is 13.7. The van der Waals surface area contributed by atoms with Crippen molar-refractivity contribution in [3.8, 4) is 17.0 Å². The minimum atomic E-state index is -0.912. The lowest BCUT2D eigenvalue weighted by Gasteiger charge is -2.17. The van der Waals surface area contributed by atoms with Gasteiger partial charge in [0.2, 0.25) is 5.88 Å². The third-order valence-corrected chi connectivity index (χ3v) is 2.65. The predicted octanol–water partition coefficient (Wildman–Crippen LogP) is 1.48. The number of halogens is 1. The zero-order chi connectivity index (χ0) is 14.2. The highest BCUT2D eigenvalue weighted by molar-refractivity contribution is 5.67. The number of nitrogens with zero attached hydrogens (tertiary/aromatic N) is 1. The molecule has 0 saturated carbocycles. The van der Waals surface area contributed by atoms with Gasteiger partial charge in [0, 0.05) is 5.56 Å². The Morgan fingerprint density at radius 1 is 1.37 bits per heavy atom. The number of hydrogen-bond acceptors (Lipinski definition) is 4. The van der Waals surface area contributed by atoms with Crippen LogP contribution in [0.5, 0.6) is 5.88 Å². The first-order chi connectivity index (χ1) is 8.80. The molecule has 2 rings (SSSR count). The highest BCUT2D eigenvalue weighted by Gasteiger charge is 2.22. The lowest BCUT2D eigenvalue weighted by molar-refractivity contribution is 0.431. The molecule has 0 saturated heterocycles. The van der Waals surface area contributed by atoms with Gasteiger partial charge in [-0.1, -0.05) is 18.2 Å². The van der Waals surface area contributed by atoms with Gasteiger partial charge in [0.05, 0.1) is 5.54 Å². The fourth-order valence-electron chi connectivity index (χ4n) is 1.67. The Labute approximate surface area is 108 Å². The van der Waals surface area contributed by atoms with Crippen LogP contribution >= 0.6 is 0 Å². The van der Waals surface area contributed by atoms with Crippen molar-refractivity contribution in [3.63, 3.8) is 0 Å². The molecule has 0 unspecified atom stereocenters. The zero-order valence-corrected chi connectivity index (χ0v) is 10.6. The Bertz CT molecular complexity index is 674. The Hall–Kier alpha value is -2.21. The zero-order valence-electron chi connectivity index (χ0n) is 10.6. The summed E-state index contributed by atoms with van der Waals surface area (Å²) >= 11 is 0. The smallest absolute Gasteiger partial charge is 0.262 e. The van der Waals surface area contributed by atoms with E-state index in [-0.39, 0.29) is 17.0 Å². The summed E-state index contributed by atoms with van der Waals surface area (Å²) in [6.45, 7) is 3.26. The molecule has 4 N–H and O–H groups in total. The van der Waals surface area contributed by atoms with Crippen LogP contribution in [-0.2, 0) is 5.54 Å². The van der Waals surface area contributed by atoms with E-state index in [0.29, 0.717) is 0 Å². The first kappa shape index (κ1) is 13.2. The quantitative estimate of drug-likeness (QED) is 0.765. The van der Waals surface area contributed by atoms with Crippen LogP contribution in [0, 0.1) is 5.82 Å². The molecule has 0 fully saturated rings. The SMILES string of the molecule is CC(C)(N)c1nc(O)c(-c2ccccc2F)c(=O)[nH]1. The van der Waals surface area contributed by atoms with Crippen LogP contribution in [0.25, 0.3) is 11.1 Å². The normalized spacial score (nSPS) is 11.6.